The van der Waals surface area contributed by atoms with Crippen LogP contribution >= 0.6 is 0 Å². The van der Waals surface area contributed by atoms with E-state index in [4.69, 9.17) is 0 Å². The second-order valence-electron chi connectivity index (χ2n) is 15.4. The highest BCUT2D eigenvalue weighted by atomic mass is 15.1. The first kappa shape index (κ1) is 33.9. The van der Waals surface area contributed by atoms with Gasteiger partial charge in [-0.3, -0.25) is 0 Å². The number of rotatable bonds is 6. The Kier molecular flexibility index (Phi) is 8.27. The van der Waals surface area contributed by atoms with Crippen LogP contribution in [0.1, 0.15) is 25.0 Å². The molecule has 0 fully saturated rings. The van der Waals surface area contributed by atoms with Gasteiger partial charge in [-0.25, -0.2) is 0 Å². The molecule has 0 radical (unpaired) electrons. The molecule has 0 saturated heterocycles. The Labute approximate surface area is 323 Å². The fourth-order valence-corrected chi connectivity index (χ4v) is 9.14. The van der Waals surface area contributed by atoms with E-state index in [-0.39, 0.29) is 5.41 Å². The number of para-hydroxylation sites is 1. The highest BCUT2D eigenvalue weighted by molar-refractivity contribution is 6.64. The van der Waals surface area contributed by atoms with E-state index in [1.165, 1.54) is 88.3 Å². The maximum absolute atomic E-state index is 2.46. The lowest BCUT2D eigenvalue weighted by atomic mass is 9.61. The van der Waals surface area contributed by atoms with Crippen molar-refractivity contribution in [2.75, 3.05) is 4.90 Å². The van der Waals surface area contributed by atoms with Gasteiger partial charge in [-0.15, -0.1) is 10.9 Å². The lowest BCUT2D eigenvalue weighted by Crippen LogP contribution is -2.50. The number of hydrogen-bond acceptors (Lipinski definition) is 1. The third kappa shape index (κ3) is 5.37. The number of fused-ring (bicyclic) bond motifs is 4. The standard InChI is InChI=1S/C49H41B4N/c1-49(2)41-29-34(25-26-40(41)43-44(49)46(51)48(53)47(52)45(43)50)54(42-20-12-11-17-37(42)31-15-7-4-8-16-31)33-23-21-32(22-24-33)36-28-27-35(30-13-5-3-6-14-30)38-18-9-10-19-39(36)38/h3-29H,50-53H2,1-2H3. The maximum Gasteiger partial charge on any atom is 0.139 e. The quantitative estimate of drug-likeness (QED) is 0.177. The van der Waals surface area contributed by atoms with E-state index < -0.39 is 0 Å². The summed E-state index contributed by atoms with van der Waals surface area (Å²) < 4.78 is 0. The first-order valence-corrected chi connectivity index (χ1v) is 19.1. The summed E-state index contributed by atoms with van der Waals surface area (Å²) in [7, 11) is 9.19. The molecule has 0 atom stereocenters. The summed E-state index contributed by atoms with van der Waals surface area (Å²) in [5, 5.41) is 2.52. The molecule has 0 aromatic heterocycles. The predicted octanol–water partition coefficient (Wildman–Crippen LogP) is 6.65. The summed E-state index contributed by atoms with van der Waals surface area (Å²) in [5.74, 6) is 0. The van der Waals surface area contributed by atoms with Gasteiger partial charge in [-0.1, -0.05) is 158 Å². The van der Waals surface area contributed by atoms with Crippen molar-refractivity contribution in [2.24, 2.45) is 0 Å². The third-order valence-corrected chi connectivity index (χ3v) is 12.2. The van der Waals surface area contributed by atoms with Crippen molar-refractivity contribution in [1.82, 2.24) is 0 Å². The fourth-order valence-electron chi connectivity index (χ4n) is 9.14. The van der Waals surface area contributed by atoms with Gasteiger partial charge in [-0.05, 0) is 91.2 Å². The molecule has 8 aromatic carbocycles. The molecule has 0 unspecified atom stereocenters. The average molecular weight is 687 g/mol. The van der Waals surface area contributed by atoms with Gasteiger partial charge in [0.15, 0.2) is 0 Å². The summed E-state index contributed by atoms with van der Waals surface area (Å²) in [6.07, 6.45) is 0. The molecule has 8 aromatic rings. The first-order valence-electron chi connectivity index (χ1n) is 19.1. The van der Waals surface area contributed by atoms with Crippen LogP contribution in [0.5, 0.6) is 0 Å². The Balaban J connectivity index is 1.21. The smallest absolute Gasteiger partial charge is 0.139 e. The second-order valence-corrected chi connectivity index (χ2v) is 15.4. The van der Waals surface area contributed by atoms with Gasteiger partial charge < -0.3 is 4.90 Å². The van der Waals surface area contributed by atoms with E-state index in [9.17, 15) is 0 Å². The zero-order chi connectivity index (χ0) is 37.1. The van der Waals surface area contributed by atoms with E-state index >= 15 is 0 Å². The highest BCUT2D eigenvalue weighted by Crippen LogP contribution is 2.50. The van der Waals surface area contributed by atoms with E-state index in [1.807, 2.05) is 0 Å². The SMILES string of the molecule is Bc1c(B)c(B)c2c(c1B)-c1ccc(N(c3ccc(-c4ccc(-c5ccccc5)c5ccccc45)cc3)c3ccccc3-c3ccccc3)cc1C2(C)C. The second kappa shape index (κ2) is 13.2. The minimum atomic E-state index is -0.130. The maximum atomic E-state index is 2.46. The molecule has 0 bridgehead atoms. The highest BCUT2D eigenvalue weighted by Gasteiger charge is 2.39. The minimum Gasteiger partial charge on any atom is -0.310 e. The fraction of sp³-hybridized carbons (Fsp3) is 0.0612. The van der Waals surface area contributed by atoms with Crippen LogP contribution in [0.25, 0.3) is 55.3 Å². The van der Waals surface area contributed by atoms with Crippen LogP contribution in [0.2, 0.25) is 0 Å². The average Bonchev–Trinajstić information content (AvgIpc) is 3.46. The van der Waals surface area contributed by atoms with Gasteiger partial charge in [0.05, 0.1) is 5.69 Å². The van der Waals surface area contributed by atoms with Crippen molar-refractivity contribution in [1.29, 1.82) is 0 Å². The van der Waals surface area contributed by atoms with Crippen LogP contribution in [0, 0.1) is 0 Å². The van der Waals surface area contributed by atoms with Crippen molar-refractivity contribution in [3.8, 4) is 44.5 Å². The van der Waals surface area contributed by atoms with Crippen molar-refractivity contribution < 1.29 is 0 Å². The molecular formula is C49H41B4N. The van der Waals surface area contributed by atoms with Crippen LogP contribution in [-0.2, 0) is 5.41 Å². The van der Waals surface area contributed by atoms with Gasteiger partial charge >= 0.3 is 0 Å². The zero-order valence-corrected chi connectivity index (χ0v) is 32.0. The van der Waals surface area contributed by atoms with Gasteiger partial charge in [0.1, 0.15) is 31.4 Å². The van der Waals surface area contributed by atoms with Crippen LogP contribution in [0.15, 0.2) is 164 Å². The molecule has 54 heavy (non-hydrogen) atoms. The summed E-state index contributed by atoms with van der Waals surface area (Å²) in [6, 6.07) is 60.0. The molecule has 1 nitrogen and oxygen atoms in total. The molecule has 0 N–H and O–H groups in total. The van der Waals surface area contributed by atoms with Crippen LogP contribution in [-0.4, -0.2) is 31.4 Å². The molecule has 0 heterocycles. The Hall–Kier alpha value is -5.92. The molecule has 254 valence electrons. The van der Waals surface area contributed by atoms with Gasteiger partial charge in [-0.2, -0.15) is 0 Å². The molecule has 0 saturated carbocycles. The lowest BCUT2D eigenvalue weighted by molar-refractivity contribution is 0.665. The summed E-state index contributed by atoms with van der Waals surface area (Å²) in [6.45, 7) is 4.82. The van der Waals surface area contributed by atoms with E-state index in [0.717, 1.165) is 17.1 Å². The third-order valence-electron chi connectivity index (χ3n) is 12.2. The van der Waals surface area contributed by atoms with Crippen LogP contribution in [0.3, 0.4) is 0 Å². The monoisotopic (exact) mass is 687 g/mol. The predicted molar refractivity (Wildman–Crippen MR) is 245 cm³/mol. The van der Waals surface area contributed by atoms with E-state index in [0.29, 0.717) is 0 Å². The molecule has 0 amide bonds. The Bertz CT molecular complexity index is 2720. The minimum absolute atomic E-state index is 0.130. The molecule has 5 heteroatoms. The molecule has 1 aliphatic rings. The van der Waals surface area contributed by atoms with Crippen molar-refractivity contribution in [3.63, 3.8) is 0 Å². The van der Waals surface area contributed by atoms with Crippen molar-refractivity contribution in [2.45, 2.75) is 19.3 Å². The molecule has 9 rings (SSSR count). The zero-order valence-electron chi connectivity index (χ0n) is 32.0. The largest absolute Gasteiger partial charge is 0.310 e. The van der Waals surface area contributed by atoms with Gasteiger partial charge in [0.25, 0.3) is 0 Å². The van der Waals surface area contributed by atoms with Crippen molar-refractivity contribution in [3.05, 3.63) is 175 Å². The lowest BCUT2D eigenvalue weighted by Gasteiger charge is -2.30. The number of anilines is 3. The van der Waals surface area contributed by atoms with Gasteiger partial charge in [0.2, 0.25) is 0 Å². The molecule has 0 aliphatic heterocycles. The van der Waals surface area contributed by atoms with Crippen LogP contribution < -0.4 is 26.8 Å². The first-order chi connectivity index (χ1) is 26.2. The van der Waals surface area contributed by atoms with Crippen molar-refractivity contribution >= 4 is 81.1 Å². The molecule has 0 spiro atoms. The van der Waals surface area contributed by atoms with Crippen LogP contribution in [0.4, 0.5) is 17.1 Å². The Morgan fingerprint density at radius 2 is 0.889 bits per heavy atom. The Morgan fingerprint density at radius 3 is 1.52 bits per heavy atom. The molecular weight excluding hydrogens is 646 g/mol. The Morgan fingerprint density at radius 1 is 0.407 bits per heavy atom. The normalized spacial score (nSPS) is 12.7. The summed E-state index contributed by atoms with van der Waals surface area (Å²) >= 11 is 0. The summed E-state index contributed by atoms with van der Waals surface area (Å²) in [4.78, 5) is 2.46. The van der Waals surface area contributed by atoms with E-state index in [1.54, 1.807) is 0 Å². The summed E-state index contributed by atoms with van der Waals surface area (Å²) in [5.41, 5.74) is 21.9. The van der Waals surface area contributed by atoms with Gasteiger partial charge in [0, 0.05) is 22.4 Å². The topological polar surface area (TPSA) is 3.24 Å². The van der Waals surface area contributed by atoms with E-state index in [2.05, 4.69) is 214 Å². The number of nitrogens with zero attached hydrogens (tertiary/aromatic N) is 1. The number of hydrogen-bond donors (Lipinski definition) is 0. The number of benzene rings is 8. The molecule has 1 aliphatic carbocycles.